The van der Waals surface area contributed by atoms with E-state index < -0.39 is 32.3 Å². The first-order valence-electron chi connectivity index (χ1n) is 8.33. The second kappa shape index (κ2) is 5.46. The van der Waals surface area contributed by atoms with Gasteiger partial charge in [-0.1, -0.05) is 99.3 Å². The molecule has 0 fully saturated rings. The monoisotopic (exact) mass is 353 g/mol. The van der Waals surface area contributed by atoms with Crippen LogP contribution in [0.15, 0.2) is 20.8 Å². The van der Waals surface area contributed by atoms with Gasteiger partial charge in [-0.2, -0.15) is 0 Å². The highest BCUT2D eigenvalue weighted by molar-refractivity contribution is 6.98. The molecule has 0 saturated carbocycles. The van der Waals surface area contributed by atoms with Gasteiger partial charge in [0.05, 0.1) is 32.3 Å². The molecular weight excluding hydrogens is 317 g/mol. The van der Waals surface area contributed by atoms with Gasteiger partial charge in [0.1, 0.15) is 0 Å². The lowest BCUT2D eigenvalue weighted by Crippen LogP contribution is -2.38. The molecule has 121 valence electrons. The molecule has 1 aliphatic carbocycles. The van der Waals surface area contributed by atoms with Crippen LogP contribution in [-0.4, -0.2) is 32.3 Å². The van der Waals surface area contributed by atoms with Crippen molar-refractivity contribution < 1.29 is 0 Å². The molecule has 0 unspecified atom stereocenters. The zero-order valence-corrected chi connectivity index (χ0v) is 20.6. The molecule has 0 nitrogen and oxygen atoms in total. The Kier molecular flexibility index (Phi) is 5.04. The Balaban J connectivity index is 3.73. The Labute approximate surface area is 138 Å². The molecule has 0 spiro atoms. The van der Waals surface area contributed by atoms with E-state index in [0.29, 0.717) is 0 Å². The zero-order chi connectivity index (χ0) is 17.0. The van der Waals surface area contributed by atoms with Crippen LogP contribution >= 0.6 is 0 Å². The normalized spacial score (nSPS) is 18.9. The molecule has 21 heavy (non-hydrogen) atoms. The van der Waals surface area contributed by atoms with Gasteiger partial charge in [0, 0.05) is 6.42 Å². The molecule has 0 atom stereocenters. The van der Waals surface area contributed by atoms with E-state index in [1.165, 1.54) is 0 Å². The van der Waals surface area contributed by atoms with Gasteiger partial charge in [-0.3, -0.25) is 0 Å². The van der Waals surface area contributed by atoms with Crippen LogP contribution in [0.1, 0.15) is 0 Å². The van der Waals surface area contributed by atoms with E-state index in [2.05, 4.69) is 85.0 Å². The third-order valence-corrected chi connectivity index (χ3v) is 13.0. The number of hydrogen-bond acceptors (Lipinski definition) is 0. The molecule has 1 rings (SSSR count). The maximum absolute atomic E-state index is 2.69. The van der Waals surface area contributed by atoms with Crippen molar-refractivity contribution in [3.8, 4) is 0 Å². The number of allylic oxidation sites excluding steroid dienone is 4. The van der Waals surface area contributed by atoms with Crippen molar-refractivity contribution in [1.82, 2.24) is 0 Å². The summed E-state index contributed by atoms with van der Waals surface area (Å²) in [5.74, 6) is 0. The van der Waals surface area contributed by atoms with Crippen molar-refractivity contribution in [2.24, 2.45) is 0 Å². The topological polar surface area (TPSA) is 0 Å². The molecule has 0 aliphatic heterocycles. The van der Waals surface area contributed by atoms with E-state index in [1.54, 1.807) is 10.4 Å². The first-order valence-corrected chi connectivity index (χ1v) is 22.3. The first-order chi connectivity index (χ1) is 8.97. The summed E-state index contributed by atoms with van der Waals surface area (Å²) in [6.45, 7) is 30.6. The van der Waals surface area contributed by atoms with Crippen molar-refractivity contribution in [1.29, 1.82) is 0 Å². The van der Waals surface area contributed by atoms with Gasteiger partial charge in [-0.15, -0.1) is 0 Å². The summed E-state index contributed by atoms with van der Waals surface area (Å²) in [6, 6.07) is 0. The van der Waals surface area contributed by atoms with Crippen LogP contribution in [0.4, 0.5) is 0 Å². The lowest BCUT2D eigenvalue weighted by molar-refractivity contribution is 1.53. The lowest BCUT2D eigenvalue weighted by Gasteiger charge is -2.34. The molecule has 0 bridgehead atoms. The summed E-state index contributed by atoms with van der Waals surface area (Å²) in [5.41, 5.74) is 0. The highest BCUT2D eigenvalue weighted by atomic mass is 28.3. The highest BCUT2D eigenvalue weighted by Crippen LogP contribution is 2.47. The summed E-state index contributed by atoms with van der Waals surface area (Å²) >= 11 is 0. The van der Waals surface area contributed by atoms with Crippen molar-refractivity contribution in [2.75, 3.05) is 0 Å². The number of hydrogen-bond donors (Lipinski definition) is 0. The third-order valence-electron chi connectivity index (χ3n) is 4.19. The van der Waals surface area contributed by atoms with Gasteiger partial charge < -0.3 is 0 Å². The molecule has 0 saturated heterocycles. The molecular formula is C17H37Si4. The van der Waals surface area contributed by atoms with E-state index in [-0.39, 0.29) is 0 Å². The minimum absolute atomic E-state index is 1.28. The van der Waals surface area contributed by atoms with Gasteiger partial charge in [0.2, 0.25) is 0 Å². The molecule has 0 N–H and O–H groups in total. The quantitative estimate of drug-likeness (QED) is 0.520. The first kappa shape index (κ1) is 19.4. The second-order valence-corrected chi connectivity index (χ2v) is 30.8. The van der Waals surface area contributed by atoms with Crippen LogP contribution in [-0.2, 0) is 0 Å². The fraction of sp³-hybridized carbons (Fsp3) is 0.706. The van der Waals surface area contributed by atoms with Gasteiger partial charge in [0.25, 0.3) is 0 Å². The van der Waals surface area contributed by atoms with E-state index >= 15 is 0 Å². The van der Waals surface area contributed by atoms with Crippen LogP contribution < -0.4 is 0 Å². The summed E-state index contributed by atoms with van der Waals surface area (Å²) < 4.78 is 0. The molecule has 1 aliphatic rings. The molecule has 0 aromatic heterocycles. The maximum atomic E-state index is 2.69. The van der Waals surface area contributed by atoms with Crippen LogP contribution in [0.3, 0.4) is 0 Å². The van der Waals surface area contributed by atoms with Gasteiger partial charge in [-0.25, -0.2) is 0 Å². The minimum Gasteiger partial charge on any atom is -0.0744 e. The molecule has 4 heteroatoms. The molecule has 0 amide bonds. The minimum atomic E-state index is -1.31. The Hall–Kier alpha value is 0.348. The average molecular weight is 354 g/mol. The molecule has 0 aromatic rings. The van der Waals surface area contributed by atoms with E-state index in [9.17, 15) is 0 Å². The van der Waals surface area contributed by atoms with Gasteiger partial charge in [0.15, 0.2) is 0 Å². The molecule has 0 heterocycles. The Morgan fingerprint density at radius 3 is 0.810 bits per heavy atom. The van der Waals surface area contributed by atoms with Crippen LogP contribution in [0.25, 0.3) is 0 Å². The van der Waals surface area contributed by atoms with E-state index in [4.69, 9.17) is 0 Å². The predicted octanol–water partition coefficient (Wildman–Crippen LogP) is 6.31. The van der Waals surface area contributed by atoms with Gasteiger partial charge >= 0.3 is 0 Å². The SMILES string of the molecule is C[Si](C)(C)C1=C([Si](C)(C)C)C([Si](C)(C)C)=C([Si](C)(C)C)[CH]1. The van der Waals surface area contributed by atoms with Crippen LogP contribution in [0, 0.1) is 6.42 Å². The lowest BCUT2D eigenvalue weighted by atomic mass is 10.5. The fourth-order valence-corrected chi connectivity index (χ4v) is 16.9. The Morgan fingerprint density at radius 1 is 0.429 bits per heavy atom. The molecule has 0 aromatic carbocycles. The second-order valence-electron chi connectivity index (χ2n) is 10.7. The zero-order valence-electron chi connectivity index (χ0n) is 16.6. The van der Waals surface area contributed by atoms with E-state index in [0.717, 1.165) is 0 Å². The standard InChI is InChI=1S/C17H37Si4/c1-18(2,3)14-13-15(19(4,5)6)17(21(10,11)12)16(14)20(7,8)9/h13H,1-12H3. The smallest absolute Gasteiger partial charge is 0.0744 e. The van der Waals surface area contributed by atoms with Crippen LogP contribution in [0.2, 0.25) is 78.6 Å². The van der Waals surface area contributed by atoms with Crippen molar-refractivity contribution in [3.05, 3.63) is 27.2 Å². The van der Waals surface area contributed by atoms with Crippen molar-refractivity contribution in [2.45, 2.75) is 78.6 Å². The summed E-state index contributed by atoms with van der Waals surface area (Å²) in [4.78, 5) is 0. The highest BCUT2D eigenvalue weighted by Gasteiger charge is 2.44. The average Bonchev–Trinajstić information content (AvgIpc) is 2.52. The fourth-order valence-electron chi connectivity index (χ4n) is 3.30. The van der Waals surface area contributed by atoms with Crippen LogP contribution in [0.5, 0.6) is 0 Å². The summed E-state index contributed by atoms with van der Waals surface area (Å²) in [7, 11) is -5.17. The van der Waals surface area contributed by atoms with Gasteiger partial charge in [-0.05, 0) is 0 Å². The maximum Gasteiger partial charge on any atom is 0.0768 e. The summed E-state index contributed by atoms with van der Waals surface area (Å²) in [5, 5.41) is 7.35. The number of rotatable bonds is 4. The van der Waals surface area contributed by atoms with Crippen molar-refractivity contribution >= 4 is 32.3 Å². The Morgan fingerprint density at radius 2 is 0.667 bits per heavy atom. The van der Waals surface area contributed by atoms with Crippen molar-refractivity contribution in [3.63, 3.8) is 0 Å². The third kappa shape index (κ3) is 4.21. The Bertz CT molecular complexity index is 437. The predicted molar refractivity (Wildman–Crippen MR) is 112 cm³/mol. The molecule has 1 radical (unpaired) electrons. The van der Waals surface area contributed by atoms with E-state index in [1.807, 2.05) is 10.4 Å². The summed E-state index contributed by atoms with van der Waals surface area (Å²) in [6.07, 6.45) is 2.69. The largest absolute Gasteiger partial charge is 0.0768 e.